The molecule has 1 nitrogen and oxygen atoms in total. The number of hydrogen-bond donors (Lipinski definition) is 1. The van der Waals surface area contributed by atoms with Gasteiger partial charge in [-0.25, -0.2) is 0 Å². The Balaban J connectivity index is 1.88. The molecule has 1 heterocycles. The van der Waals surface area contributed by atoms with Crippen molar-refractivity contribution in [1.29, 1.82) is 0 Å². The first-order chi connectivity index (χ1) is 8.65. The maximum Gasteiger partial charge on any atom is 0.0406 e. The van der Waals surface area contributed by atoms with Gasteiger partial charge in [0.25, 0.3) is 0 Å². The summed E-state index contributed by atoms with van der Waals surface area (Å²) in [6, 6.07) is 13.2. The second-order valence-electron chi connectivity index (χ2n) is 4.64. The Hall–Kier alpha value is -0.830. The highest BCUT2D eigenvalue weighted by molar-refractivity contribution is 7.10. The third kappa shape index (κ3) is 3.84. The highest BCUT2D eigenvalue weighted by atomic mass is 35.5. The van der Waals surface area contributed by atoms with Gasteiger partial charge in [-0.1, -0.05) is 29.8 Å². The topological polar surface area (TPSA) is 12.0 Å². The SMILES string of the molecule is CC(Cc1ccc(Cl)cc1)NC(C)c1cccs1. The normalized spacial score (nSPS) is 14.4. The molecule has 2 unspecified atom stereocenters. The van der Waals surface area contributed by atoms with Crippen LogP contribution in [0.3, 0.4) is 0 Å². The summed E-state index contributed by atoms with van der Waals surface area (Å²) >= 11 is 7.69. The van der Waals surface area contributed by atoms with E-state index in [1.807, 2.05) is 12.1 Å². The van der Waals surface area contributed by atoms with E-state index in [1.165, 1.54) is 10.4 Å². The molecular weight excluding hydrogens is 262 g/mol. The van der Waals surface area contributed by atoms with Crippen LogP contribution < -0.4 is 5.32 Å². The van der Waals surface area contributed by atoms with Crippen LogP contribution in [0.5, 0.6) is 0 Å². The van der Waals surface area contributed by atoms with E-state index in [0.717, 1.165) is 11.4 Å². The Bertz CT molecular complexity index is 464. The molecule has 3 heteroatoms. The highest BCUT2D eigenvalue weighted by Gasteiger charge is 2.10. The standard InChI is InChI=1S/C15H18ClNS/c1-11(10-13-5-7-14(16)8-6-13)17-12(2)15-4-3-9-18-15/h3-9,11-12,17H,10H2,1-2H3. The maximum atomic E-state index is 5.89. The molecule has 0 aliphatic carbocycles. The van der Waals surface area contributed by atoms with Crippen molar-refractivity contribution in [3.63, 3.8) is 0 Å². The molecule has 2 atom stereocenters. The molecule has 0 saturated carbocycles. The van der Waals surface area contributed by atoms with Crippen molar-refractivity contribution in [3.8, 4) is 0 Å². The molecule has 0 saturated heterocycles. The van der Waals surface area contributed by atoms with Crippen LogP contribution >= 0.6 is 22.9 Å². The quantitative estimate of drug-likeness (QED) is 0.838. The van der Waals surface area contributed by atoms with Gasteiger partial charge in [0.2, 0.25) is 0 Å². The molecule has 1 aromatic carbocycles. The Morgan fingerprint density at radius 2 is 1.89 bits per heavy atom. The van der Waals surface area contributed by atoms with E-state index in [1.54, 1.807) is 11.3 Å². The highest BCUT2D eigenvalue weighted by Crippen LogP contribution is 2.19. The Morgan fingerprint density at radius 1 is 1.17 bits per heavy atom. The molecule has 0 spiro atoms. The van der Waals surface area contributed by atoms with Crippen LogP contribution in [0.1, 0.15) is 30.3 Å². The van der Waals surface area contributed by atoms with Gasteiger partial charge in [0.1, 0.15) is 0 Å². The lowest BCUT2D eigenvalue weighted by Gasteiger charge is -2.19. The van der Waals surface area contributed by atoms with E-state index in [4.69, 9.17) is 11.6 Å². The Morgan fingerprint density at radius 3 is 2.50 bits per heavy atom. The number of benzene rings is 1. The summed E-state index contributed by atoms with van der Waals surface area (Å²) in [5, 5.41) is 6.54. The van der Waals surface area contributed by atoms with Crippen molar-refractivity contribution in [2.24, 2.45) is 0 Å². The molecule has 0 amide bonds. The maximum absolute atomic E-state index is 5.89. The molecule has 2 rings (SSSR count). The van der Waals surface area contributed by atoms with Gasteiger partial charge in [-0.2, -0.15) is 0 Å². The average molecular weight is 280 g/mol. The van der Waals surface area contributed by atoms with E-state index in [0.29, 0.717) is 12.1 Å². The van der Waals surface area contributed by atoms with Crippen LogP contribution in [-0.4, -0.2) is 6.04 Å². The molecule has 1 aromatic heterocycles. The minimum absolute atomic E-state index is 0.410. The van der Waals surface area contributed by atoms with Gasteiger partial charge in [-0.3, -0.25) is 0 Å². The lowest BCUT2D eigenvalue weighted by atomic mass is 10.1. The molecule has 0 fully saturated rings. The van der Waals surface area contributed by atoms with Gasteiger partial charge in [0.05, 0.1) is 0 Å². The van der Waals surface area contributed by atoms with Crippen LogP contribution in [0, 0.1) is 0 Å². The fourth-order valence-electron chi connectivity index (χ4n) is 2.08. The van der Waals surface area contributed by atoms with Crippen molar-refractivity contribution < 1.29 is 0 Å². The number of rotatable bonds is 5. The summed E-state index contributed by atoms with van der Waals surface area (Å²) < 4.78 is 0. The largest absolute Gasteiger partial charge is 0.307 e. The molecule has 0 bridgehead atoms. The molecule has 1 N–H and O–H groups in total. The number of nitrogens with one attached hydrogen (secondary N) is 1. The zero-order valence-electron chi connectivity index (χ0n) is 10.7. The van der Waals surface area contributed by atoms with E-state index in [-0.39, 0.29) is 0 Å². The molecule has 2 aromatic rings. The van der Waals surface area contributed by atoms with Crippen LogP contribution in [0.2, 0.25) is 5.02 Å². The summed E-state index contributed by atoms with van der Waals surface area (Å²) in [5.41, 5.74) is 1.32. The third-order valence-corrected chi connectivity index (χ3v) is 4.27. The summed E-state index contributed by atoms with van der Waals surface area (Å²) in [7, 11) is 0. The van der Waals surface area contributed by atoms with Crippen molar-refractivity contribution in [3.05, 3.63) is 57.2 Å². The second kappa shape index (κ2) is 6.37. The minimum atomic E-state index is 0.410. The van der Waals surface area contributed by atoms with Crippen molar-refractivity contribution in [2.45, 2.75) is 32.4 Å². The van der Waals surface area contributed by atoms with E-state index >= 15 is 0 Å². The zero-order chi connectivity index (χ0) is 13.0. The molecule has 0 radical (unpaired) electrons. The fourth-order valence-corrected chi connectivity index (χ4v) is 2.95. The summed E-state index contributed by atoms with van der Waals surface area (Å²) in [6.45, 7) is 4.43. The summed E-state index contributed by atoms with van der Waals surface area (Å²) in [4.78, 5) is 1.39. The van der Waals surface area contributed by atoms with Crippen LogP contribution in [-0.2, 0) is 6.42 Å². The van der Waals surface area contributed by atoms with E-state index in [9.17, 15) is 0 Å². The summed E-state index contributed by atoms with van der Waals surface area (Å²) in [6.07, 6.45) is 1.02. The first-order valence-electron chi connectivity index (χ1n) is 6.19. The van der Waals surface area contributed by atoms with Gasteiger partial charge < -0.3 is 5.32 Å². The van der Waals surface area contributed by atoms with Crippen molar-refractivity contribution in [2.75, 3.05) is 0 Å². The molecule has 0 aliphatic rings. The fraction of sp³-hybridized carbons (Fsp3) is 0.333. The second-order valence-corrected chi connectivity index (χ2v) is 6.05. The van der Waals surface area contributed by atoms with Gasteiger partial charge >= 0.3 is 0 Å². The van der Waals surface area contributed by atoms with Crippen molar-refractivity contribution in [1.82, 2.24) is 5.32 Å². The molecular formula is C15H18ClNS. The minimum Gasteiger partial charge on any atom is -0.307 e. The van der Waals surface area contributed by atoms with E-state index in [2.05, 4.69) is 48.8 Å². The molecule has 18 heavy (non-hydrogen) atoms. The molecule has 96 valence electrons. The van der Waals surface area contributed by atoms with Crippen LogP contribution in [0.15, 0.2) is 41.8 Å². The van der Waals surface area contributed by atoms with Crippen LogP contribution in [0.4, 0.5) is 0 Å². The predicted octanol–water partition coefficient (Wildman–Crippen LogP) is 4.68. The lowest BCUT2D eigenvalue weighted by molar-refractivity contribution is 0.482. The third-order valence-electron chi connectivity index (χ3n) is 2.96. The number of halogens is 1. The smallest absolute Gasteiger partial charge is 0.0406 e. The van der Waals surface area contributed by atoms with Gasteiger partial charge in [-0.05, 0) is 49.4 Å². The van der Waals surface area contributed by atoms with Gasteiger partial charge in [-0.15, -0.1) is 11.3 Å². The summed E-state index contributed by atoms with van der Waals surface area (Å²) in [5.74, 6) is 0. The van der Waals surface area contributed by atoms with Gasteiger partial charge in [0, 0.05) is 22.0 Å². The van der Waals surface area contributed by atoms with Crippen LogP contribution in [0.25, 0.3) is 0 Å². The zero-order valence-corrected chi connectivity index (χ0v) is 12.3. The molecule has 0 aliphatic heterocycles. The van der Waals surface area contributed by atoms with E-state index < -0.39 is 0 Å². The monoisotopic (exact) mass is 279 g/mol. The number of hydrogen-bond acceptors (Lipinski definition) is 2. The Kier molecular flexibility index (Phi) is 4.81. The Labute approximate surface area is 118 Å². The van der Waals surface area contributed by atoms with Crippen molar-refractivity contribution >= 4 is 22.9 Å². The number of thiophene rings is 1. The average Bonchev–Trinajstić information content (AvgIpc) is 2.85. The van der Waals surface area contributed by atoms with Gasteiger partial charge in [0.15, 0.2) is 0 Å². The lowest BCUT2D eigenvalue weighted by Crippen LogP contribution is -2.30. The predicted molar refractivity (Wildman–Crippen MR) is 80.5 cm³/mol. The first-order valence-corrected chi connectivity index (χ1v) is 7.45. The first kappa shape index (κ1) is 13.6.